The number of aromatic carboxylic acids is 1. The Morgan fingerprint density at radius 1 is 1.35 bits per heavy atom. The fourth-order valence-corrected chi connectivity index (χ4v) is 4.23. The van der Waals surface area contributed by atoms with Gasteiger partial charge in [-0.15, -0.1) is 0 Å². The summed E-state index contributed by atoms with van der Waals surface area (Å²) in [5.41, 5.74) is 0.663. The van der Waals surface area contributed by atoms with Gasteiger partial charge in [-0.05, 0) is 38.5 Å². The molecule has 0 fully saturated rings. The molecule has 0 aliphatic rings. The van der Waals surface area contributed by atoms with E-state index in [1.807, 2.05) is 0 Å². The number of benzene rings is 1. The van der Waals surface area contributed by atoms with Gasteiger partial charge in [-0.2, -0.15) is 0 Å². The lowest BCUT2D eigenvalue weighted by Crippen LogP contribution is -2.21. The van der Waals surface area contributed by atoms with Crippen LogP contribution in [0.3, 0.4) is 0 Å². The summed E-state index contributed by atoms with van der Waals surface area (Å²) >= 11 is 0. The maximum atomic E-state index is 12.1. The highest BCUT2D eigenvalue weighted by atomic mass is 32.2. The van der Waals surface area contributed by atoms with Crippen LogP contribution in [0.5, 0.6) is 0 Å². The molecule has 0 saturated heterocycles. The van der Waals surface area contributed by atoms with Crippen LogP contribution in [-0.4, -0.2) is 40.5 Å². The number of carbonyl (C=O) groups is 1. The first-order chi connectivity index (χ1) is 9.15. The lowest BCUT2D eigenvalue weighted by molar-refractivity contribution is 0.0696. The molecule has 1 atom stereocenters. The average Bonchev–Trinajstić information content (AvgIpc) is 2.36. The van der Waals surface area contributed by atoms with Crippen LogP contribution in [-0.2, 0) is 20.6 Å². The van der Waals surface area contributed by atoms with Gasteiger partial charge in [-0.3, -0.25) is 4.21 Å². The van der Waals surface area contributed by atoms with Crippen LogP contribution in [0.1, 0.15) is 29.8 Å². The summed E-state index contributed by atoms with van der Waals surface area (Å²) in [7, 11) is -4.77. The van der Waals surface area contributed by atoms with Crippen molar-refractivity contribution in [3.63, 3.8) is 0 Å². The van der Waals surface area contributed by atoms with Crippen molar-refractivity contribution >= 4 is 26.6 Å². The SMILES string of the molecule is Cc1ccc(S(=O)CCS(=O)(=O)C(C)C)cc1C(=O)O. The zero-order valence-electron chi connectivity index (χ0n) is 11.6. The lowest BCUT2D eigenvalue weighted by atomic mass is 10.1. The van der Waals surface area contributed by atoms with Crippen molar-refractivity contribution in [1.82, 2.24) is 0 Å². The highest BCUT2D eigenvalue weighted by Gasteiger charge is 2.18. The van der Waals surface area contributed by atoms with E-state index in [4.69, 9.17) is 5.11 Å². The summed E-state index contributed by atoms with van der Waals surface area (Å²) in [6, 6.07) is 4.49. The number of aryl methyl sites for hydroxylation is 1. The van der Waals surface area contributed by atoms with Crippen LogP contribution in [0.15, 0.2) is 23.1 Å². The molecule has 0 aromatic heterocycles. The molecule has 1 rings (SSSR count). The van der Waals surface area contributed by atoms with Gasteiger partial charge in [0.05, 0.1) is 27.4 Å². The first-order valence-corrected chi connectivity index (χ1v) is 9.12. The quantitative estimate of drug-likeness (QED) is 0.861. The summed E-state index contributed by atoms with van der Waals surface area (Å²) in [5, 5.41) is 8.50. The minimum Gasteiger partial charge on any atom is -0.478 e. The lowest BCUT2D eigenvalue weighted by Gasteiger charge is -2.08. The first-order valence-electron chi connectivity index (χ1n) is 6.09. The molecule has 1 aromatic carbocycles. The zero-order chi connectivity index (χ0) is 15.5. The van der Waals surface area contributed by atoms with Gasteiger partial charge in [0.2, 0.25) is 0 Å². The van der Waals surface area contributed by atoms with Gasteiger partial charge in [-0.1, -0.05) is 6.07 Å². The topological polar surface area (TPSA) is 88.5 Å². The maximum Gasteiger partial charge on any atom is 0.335 e. The van der Waals surface area contributed by atoms with E-state index in [2.05, 4.69) is 0 Å². The molecule has 20 heavy (non-hydrogen) atoms. The number of sulfone groups is 1. The molecule has 0 spiro atoms. The monoisotopic (exact) mass is 318 g/mol. The molecule has 0 saturated carbocycles. The standard InChI is InChI=1S/C13H18O5S2/c1-9(2)20(17,18)7-6-19(16)11-5-4-10(3)12(8-11)13(14)15/h4-5,8-9H,6-7H2,1-3H3,(H,14,15). The fourth-order valence-electron chi connectivity index (χ4n) is 1.52. The molecule has 0 aliphatic carbocycles. The van der Waals surface area contributed by atoms with Gasteiger partial charge >= 0.3 is 5.97 Å². The van der Waals surface area contributed by atoms with Gasteiger partial charge < -0.3 is 5.11 Å². The second-order valence-corrected chi connectivity index (χ2v) is 8.99. The molecule has 1 aromatic rings. The van der Waals surface area contributed by atoms with Crippen molar-refractivity contribution in [2.45, 2.75) is 30.9 Å². The summed E-state index contributed by atoms with van der Waals surface area (Å²) in [6.45, 7) is 4.80. The molecule has 112 valence electrons. The largest absolute Gasteiger partial charge is 0.478 e. The van der Waals surface area contributed by atoms with Gasteiger partial charge in [0, 0.05) is 10.6 Å². The molecule has 1 unspecified atom stereocenters. The minimum atomic E-state index is -3.25. The number of hydrogen-bond donors (Lipinski definition) is 1. The Labute approximate surface area is 121 Å². The average molecular weight is 318 g/mol. The van der Waals surface area contributed by atoms with Crippen LogP contribution >= 0.6 is 0 Å². The Balaban J connectivity index is 2.89. The van der Waals surface area contributed by atoms with Gasteiger partial charge in [0.1, 0.15) is 0 Å². The third kappa shape index (κ3) is 4.14. The molecule has 0 radical (unpaired) electrons. The molecule has 0 aliphatic heterocycles. The molecular weight excluding hydrogens is 300 g/mol. The summed E-state index contributed by atoms with van der Waals surface area (Å²) in [4.78, 5) is 11.3. The number of rotatable bonds is 6. The van der Waals surface area contributed by atoms with Crippen LogP contribution in [0.4, 0.5) is 0 Å². The van der Waals surface area contributed by atoms with E-state index in [1.165, 1.54) is 6.07 Å². The predicted octanol–water partition coefficient (Wildman–Crippen LogP) is 1.62. The zero-order valence-corrected chi connectivity index (χ0v) is 13.3. The van der Waals surface area contributed by atoms with Crippen molar-refractivity contribution in [2.75, 3.05) is 11.5 Å². The fraction of sp³-hybridized carbons (Fsp3) is 0.462. The first kappa shape index (κ1) is 16.8. The van der Waals surface area contributed by atoms with Gasteiger partial charge in [0.25, 0.3) is 0 Å². The maximum absolute atomic E-state index is 12.1. The van der Waals surface area contributed by atoms with Gasteiger partial charge in [0.15, 0.2) is 9.84 Å². The van der Waals surface area contributed by atoms with Crippen molar-refractivity contribution in [1.29, 1.82) is 0 Å². The second kappa shape index (κ2) is 6.49. The summed E-state index contributed by atoms with van der Waals surface area (Å²) in [6.07, 6.45) is 0. The van der Waals surface area contributed by atoms with Crippen molar-refractivity contribution < 1.29 is 22.5 Å². The van der Waals surface area contributed by atoms with Gasteiger partial charge in [-0.25, -0.2) is 13.2 Å². The number of carboxylic acid groups (broad SMARTS) is 1. The molecule has 1 N–H and O–H groups in total. The van der Waals surface area contributed by atoms with E-state index in [-0.39, 0.29) is 17.1 Å². The van der Waals surface area contributed by atoms with E-state index in [0.29, 0.717) is 10.5 Å². The Morgan fingerprint density at radius 3 is 2.45 bits per heavy atom. The van der Waals surface area contributed by atoms with Crippen molar-refractivity contribution in [3.8, 4) is 0 Å². The van der Waals surface area contributed by atoms with Crippen LogP contribution < -0.4 is 0 Å². The summed E-state index contributed by atoms with van der Waals surface area (Å²) in [5.74, 6) is -1.29. The molecule has 0 bridgehead atoms. The van der Waals surface area contributed by atoms with Crippen molar-refractivity contribution in [3.05, 3.63) is 29.3 Å². The molecule has 5 nitrogen and oxygen atoms in total. The van der Waals surface area contributed by atoms with Crippen molar-refractivity contribution in [2.24, 2.45) is 0 Å². The third-order valence-corrected chi connectivity index (χ3v) is 6.80. The van der Waals surface area contributed by atoms with E-state index in [0.717, 1.165) is 0 Å². The summed E-state index contributed by atoms with van der Waals surface area (Å²) < 4.78 is 35.4. The van der Waals surface area contributed by atoms with E-state index in [9.17, 15) is 17.4 Å². The molecular formula is C13H18O5S2. The highest BCUT2D eigenvalue weighted by molar-refractivity contribution is 7.93. The van der Waals surface area contributed by atoms with Crippen LogP contribution in [0.2, 0.25) is 0 Å². The van der Waals surface area contributed by atoms with E-state index >= 15 is 0 Å². The Kier molecular flexibility index (Phi) is 5.47. The van der Waals surface area contributed by atoms with E-state index < -0.39 is 31.9 Å². The number of hydrogen-bond acceptors (Lipinski definition) is 4. The second-order valence-electron chi connectivity index (χ2n) is 4.75. The Bertz CT molecular complexity index is 632. The third-order valence-electron chi connectivity index (χ3n) is 2.97. The Hall–Kier alpha value is -1.21. The smallest absolute Gasteiger partial charge is 0.335 e. The molecule has 0 heterocycles. The number of carboxylic acids is 1. The van der Waals surface area contributed by atoms with Crippen LogP contribution in [0.25, 0.3) is 0 Å². The highest BCUT2D eigenvalue weighted by Crippen LogP contribution is 2.15. The van der Waals surface area contributed by atoms with Crippen LogP contribution in [0, 0.1) is 6.92 Å². The normalized spacial score (nSPS) is 13.4. The Morgan fingerprint density at radius 2 is 1.95 bits per heavy atom. The minimum absolute atomic E-state index is 0.0252. The van der Waals surface area contributed by atoms with E-state index in [1.54, 1.807) is 32.9 Å². The molecule has 0 amide bonds. The molecule has 7 heteroatoms. The predicted molar refractivity (Wildman–Crippen MR) is 78.3 cm³/mol.